The average Bonchev–Trinajstić information content (AvgIpc) is 2.37. The lowest BCUT2D eigenvalue weighted by atomic mass is 10.0. The van der Waals surface area contributed by atoms with Crippen LogP contribution in [-0.2, 0) is 9.84 Å². The Hall–Kier alpha value is -0.130. The molecule has 1 atom stereocenters. The first-order valence-corrected chi connectivity index (χ1v) is 8.87. The first kappa shape index (κ1) is 15.9. The number of nitrogens with one attached hydrogen (secondary N) is 1. The Morgan fingerprint density at radius 2 is 1.94 bits per heavy atom. The van der Waals surface area contributed by atoms with E-state index in [2.05, 4.69) is 12.2 Å². The Morgan fingerprint density at radius 3 is 2.50 bits per heavy atom. The lowest BCUT2D eigenvalue weighted by Gasteiger charge is -2.25. The average molecular weight is 277 g/mol. The maximum Gasteiger partial charge on any atom is 0.154 e. The predicted molar refractivity (Wildman–Crippen MR) is 74.4 cm³/mol. The number of aliphatic hydroxyl groups excluding tert-OH is 1. The van der Waals surface area contributed by atoms with E-state index < -0.39 is 9.84 Å². The van der Waals surface area contributed by atoms with E-state index in [0.717, 1.165) is 38.6 Å². The molecule has 1 rings (SSSR count). The lowest BCUT2D eigenvalue weighted by Crippen LogP contribution is -2.40. The summed E-state index contributed by atoms with van der Waals surface area (Å²) in [5.41, 5.74) is 0. The Balaban J connectivity index is 2.53. The van der Waals surface area contributed by atoms with Gasteiger partial charge in [-0.2, -0.15) is 0 Å². The highest BCUT2D eigenvalue weighted by molar-refractivity contribution is 7.92. The molecule has 1 fully saturated rings. The van der Waals surface area contributed by atoms with Crippen LogP contribution in [0.5, 0.6) is 0 Å². The van der Waals surface area contributed by atoms with E-state index >= 15 is 0 Å². The maximum atomic E-state index is 12.3. The van der Waals surface area contributed by atoms with Crippen LogP contribution in [0.25, 0.3) is 0 Å². The zero-order valence-electron chi connectivity index (χ0n) is 11.4. The molecule has 1 aliphatic carbocycles. The zero-order valence-corrected chi connectivity index (χ0v) is 12.2. The van der Waals surface area contributed by atoms with Crippen molar-refractivity contribution in [3.05, 3.63) is 0 Å². The summed E-state index contributed by atoms with van der Waals surface area (Å²) < 4.78 is 24.6. The summed E-state index contributed by atoms with van der Waals surface area (Å²) in [7, 11) is -3.01. The second-order valence-electron chi connectivity index (χ2n) is 5.25. The summed E-state index contributed by atoms with van der Waals surface area (Å²) in [5.74, 6) is 0.179. The molecule has 0 aliphatic heterocycles. The molecular formula is C13H27NO3S. The summed E-state index contributed by atoms with van der Waals surface area (Å²) in [6, 6.07) is -0.0955. The molecule has 0 heterocycles. The third-order valence-corrected chi connectivity index (χ3v) is 6.01. The fraction of sp³-hybridized carbons (Fsp3) is 1.00. The molecule has 0 aromatic carbocycles. The third-order valence-electron chi connectivity index (χ3n) is 3.65. The second-order valence-corrected chi connectivity index (χ2v) is 7.58. The molecule has 0 bridgehead atoms. The Labute approximate surface area is 111 Å². The molecule has 1 unspecified atom stereocenters. The van der Waals surface area contributed by atoms with Crippen LogP contribution in [0.15, 0.2) is 0 Å². The minimum absolute atomic E-state index is 0.0432. The highest BCUT2D eigenvalue weighted by Gasteiger charge is 2.29. The molecular weight excluding hydrogens is 250 g/mol. The van der Waals surface area contributed by atoms with Crippen LogP contribution in [0, 0.1) is 0 Å². The number of sulfone groups is 1. The van der Waals surface area contributed by atoms with Gasteiger partial charge < -0.3 is 10.4 Å². The molecule has 2 N–H and O–H groups in total. The van der Waals surface area contributed by atoms with E-state index in [4.69, 9.17) is 5.11 Å². The summed E-state index contributed by atoms with van der Waals surface area (Å²) in [6.45, 7) is 2.91. The molecule has 5 heteroatoms. The van der Waals surface area contributed by atoms with Crippen molar-refractivity contribution in [3.63, 3.8) is 0 Å². The molecule has 108 valence electrons. The molecule has 0 saturated heterocycles. The van der Waals surface area contributed by atoms with Gasteiger partial charge in [-0.1, -0.05) is 26.2 Å². The van der Waals surface area contributed by atoms with Crippen LogP contribution >= 0.6 is 0 Å². The smallest absolute Gasteiger partial charge is 0.154 e. The van der Waals surface area contributed by atoms with Crippen LogP contribution in [0.4, 0.5) is 0 Å². The summed E-state index contributed by atoms with van der Waals surface area (Å²) in [6.07, 6.45) is 6.38. The van der Waals surface area contributed by atoms with Crippen molar-refractivity contribution in [2.45, 2.75) is 63.2 Å². The molecule has 0 aromatic rings. The molecule has 1 aliphatic rings. The predicted octanol–water partition coefficient (Wildman–Crippen LogP) is 1.48. The van der Waals surface area contributed by atoms with E-state index in [1.165, 1.54) is 6.42 Å². The van der Waals surface area contributed by atoms with Gasteiger partial charge in [0.2, 0.25) is 0 Å². The summed E-state index contributed by atoms with van der Waals surface area (Å²) in [4.78, 5) is 0. The fourth-order valence-electron chi connectivity index (χ4n) is 2.59. The van der Waals surface area contributed by atoms with E-state index in [9.17, 15) is 8.42 Å². The topological polar surface area (TPSA) is 66.4 Å². The van der Waals surface area contributed by atoms with Crippen LogP contribution in [0.3, 0.4) is 0 Å². The maximum absolute atomic E-state index is 12.3. The monoisotopic (exact) mass is 277 g/mol. The number of rotatable bonds is 8. The van der Waals surface area contributed by atoms with Crippen molar-refractivity contribution < 1.29 is 13.5 Å². The van der Waals surface area contributed by atoms with Crippen molar-refractivity contribution in [2.75, 3.05) is 18.9 Å². The van der Waals surface area contributed by atoms with Crippen LogP contribution in [-0.4, -0.2) is 43.7 Å². The van der Waals surface area contributed by atoms with Crippen LogP contribution < -0.4 is 5.32 Å². The van der Waals surface area contributed by atoms with Gasteiger partial charge in [-0.15, -0.1) is 0 Å². The van der Waals surface area contributed by atoms with Gasteiger partial charge >= 0.3 is 0 Å². The van der Waals surface area contributed by atoms with Crippen molar-refractivity contribution in [1.29, 1.82) is 0 Å². The van der Waals surface area contributed by atoms with Crippen LogP contribution in [0.1, 0.15) is 51.9 Å². The largest absolute Gasteiger partial charge is 0.396 e. The molecule has 0 radical (unpaired) electrons. The third kappa shape index (κ3) is 5.24. The van der Waals surface area contributed by atoms with Gasteiger partial charge in [-0.25, -0.2) is 8.42 Å². The van der Waals surface area contributed by atoms with Gasteiger partial charge in [0, 0.05) is 12.6 Å². The molecule has 0 amide bonds. The minimum Gasteiger partial charge on any atom is -0.396 e. The quantitative estimate of drug-likeness (QED) is 0.705. The van der Waals surface area contributed by atoms with Gasteiger partial charge in [0.05, 0.1) is 11.0 Å². The van der Waals surface area contributed by atoms with Gasteiger partial charge in [-0.05, 0) is 32.2 Å². The Bertz CT molecular complexity index is 310. The summed E-state index contributed by atoms with van der Waals surface area (Å²) in [5, 5.41) is 12.1. The molecule has 0 aromatic heterocycles. The van der Waals surface area contributed by atoms with E-state index in [-0.39, 0.29) is 23.7 Å². The molecule has 4 nitrogen and oxygen atoms in total. The standard InChI is InChI=1S/C13H27NO3S/c1-2-9-14-12(8-10-15)11-18(16,17)13-6-4-3-5-7-13/h12-15H,2-11H2,1H3. The second kappa shape index (κ2) is 8.12. The highest BCUT2D eigenvalue weighted by Crippen LogP contribution is 2.24. The van der Waals surface area contributed by atoms with Crippen molar-refractivity contribution >= 4 is 9.84 Å². The van der Waals surface area contributed by atoms with Crippen molar-refractivity contribution in [2.24, 2.45) is 0 Å². The molecule has 0 spiro atoms. The van der Waals surface area contributed by atoms with E-state index in [1.54, 1.807) is 0 Å². The van der Waals surface area contributed by atoms with E-state index in [1.807, 2.05) is 0 Å². The fourth-order valence-corrected chi connectivity index (χ4v) is 4.76. The van der Waals surface area contributed by atoms with Gasteiger partial charge in [0.25, 0.3) is 0 Å². The van der Waals surface area contributed by atoms with Crippen LogP contribution in [0.2, 0.25) is 0 Å². The Morgan fingerprint density at radius 1 is 1.28 bits per heavy atom. The highest BCUT2D eigenvalue weighted by atomic mass is 32.2. The van der Waals surface area contributed by atoms with Gasteiger partial charge in [0.15, 0.2) is 9.84 Å². The SMILES string of the molecule is CCCNC(CCO)CS(=O)(=O)C1CCCCC1. The minimum atomic E-state index is -3.01. The molecule has 1 saturated carbocycles. The lowest BCUT2D eigenvalue weighted by molar-refractivity contribution is 0.269. The number of hydrogen-bond donors (Lipinski definition) is 2. The van der Waals surface area contributed by atoms with Crippen molar-refractivity contribution in [1.82, 2.24) is 5.32 Å². The first-order chi connectivity index (χ1) is 8.60. The van der Waals surface area contributed by atoms with Crippen molar-refractivity contribution in [3.8, 4) is 0 Å². The normalized spacial score (nSPS) is 19.9. The number of hydrogen-bond acceptors (Lipinski definition) is 4. The number of aliphatic hydroxyl groups is 1. The summed E-state index contributed by atoms with van der Waals surface area (Å²) >= 11 is 0. The Kier molecular flexibility index (Phi) is 7.19. The molecule has 18 heavy (non-hydrogen) atoms. The zero-order chi connectivity index (χ0) is 13.4. The van der Waals surface area contributed by atoms with Gasteiger partial charge in [-0.3, -0.25) is 0 Å². The first-order valence-electron chi connectivity index (χ1n) is 7.16. The van der Waals surface area contributed by atoms with E-state index in [0.29, 0.717) is 6.42 Å². The van der Waals surface area contributed by atoms with Gasteiger partial charge in [0.1, 0.15) is 0 Å².